The van der Waals surface area contributed by atoms with Crippen molar-refractivity contribution >= 4 is 6.09 Å². The fourth-order valence-electron chi connectivity index (χ4n) is 2.73. The summed E-state index contributed by atoms with van der Waals surface area (Å²) in [6.07, 6.45) is -1.04. The minimum absolute atomic E-state index is 0.0268. The molecule has 1 aromatic rings. The van der Waals surface area contributed by atoms with Crippen molar-refractivity contribution in [2.24, 2.45) is 0 Å². The second-order valence-corrected chi connectivity index (χ2v) is 6.29. The average Bonchev–Trinajstić information content (AvgIpc) is 2.71. The lowest BCUT2D eigenvalue weighted by Crippen LogP contribution is -2.43. The smallest absolute Gasteiger partial charge is 0.404 e. The van der Waals surface area contributed by atoms with Gasteiger partial charge in [-0.05, 0) is 38.5 Å². The van der Waals surface area contributed by atoms with Crippen LogP contribution in [0.15, 0.2) is 24.3 Å². The molecule has 2 rings (SSSR count). The number of carbonyl (C=O) groups is 1. The molecule has 0 spiro atoms. The normalized spacial score (nSPS) is 23.8. The zero-order valence-electron chi connectivity index (χ0n) is 12.1. The molecule has 0 unspecified atom stereocenters. The van der Waals surface area contributed by atoms with Gasteiger partial charge in [0.25, 0.3) is 0 Å². The van der Waals surface area contributed by atoms with E-state index in [2.05, 4.69) is 31.0 Å². The van der Waals surface area contributed by atoms with Gasteiger partial charge in [0.2, 0.25) is 0 Å². The molecule has 5 heteroatoms. The molecular formula is C15H21FN2O2. The first-order valence-electron chi connectivity index (χ1n) is 6.77. The number of halogens is 1. The van der Waals surface area contributed by atoms with Gasteiger partial charge in [0.15, 0.2) is 0 Å². The zero-order chi connectivity index (χ0) is 14.9. The van der Waals surface area contributed by atoms with Gasteiger partial charge < -0.3 is 10.4 Å². The standard InChI is InChI=1S/C15H21FN2O2/c1-15(2,3)18-8-12(13(9-18)17-14(19)20)10-5-4-6-11(16)7-10/h4-7,12-13,17H,8-9H2,1-3H3,(H,19,20)/t12-,13+/m0/s1. The summed E-state index contributed by atoms with van der Waals surface area (Å²) in [6.45, 7) is 7.64. The number of likely N-dealkylation sites (tertiary alicyclic amines) is 1. The molecule has 2 atom stereocenters. The van der Waals surface area contributed by atoms with E-state index in [4.69, 9.17) is 5.11 Å². The van der Waals surface area contributed by atoms with E-state index in [0.717, 1.165) is 12.1 Å². The van der Waals surface area contributed by atoms with Crippen molar-refractivity contribution in [3.05, 3.63) is 35.6 Å². The Morgan fingerprint density at radius 2 is 2.10 bits per heavy atom. The van der Waals surface area contributed by atoms with Crippen molar-refractivity contribution in [2.45, 2.75) is 38.3 Å². The number of amides is 1. The molecule has 1 amide bonds. The van der Waals surface area contributed by atoms with Crippen LogP contribution >= 0.6 is 0 Å². The molecule has 1 aromatic carbocycles. The second kappa shape index (κ2) is 5.40. The maximum absolute atomic E-state index is 13.4. The molecule has 1 heterocycles. The van der Waals surface area contributed by atoms with Gasteiger partial charge in [0.05, 0.1) is 6.04 Å². The highest BCUT2D eigenvalue weighted by atomic mass is 19.1. The molecule has 0 bridgehead atoms. The lowest BCUT2D eigenvalue weighted by Gasteiger charge is -2.31. The van der Waals surface area contributed by atoms with Crippen LogP contribution in [0.25, 0.3) is 0 Å². The van der Waals surface area contributed by atoms with Crippen molar-refractivity contribution in [1.82, 2.24) is 10.2 Å². The van der Waals surface area contributed by atoms with Gasteiger partial charge in [-0.3, -0.25) is 4.90 Å². The number of nitrogens with zero attached hydrogens (tertiary/aromatic N) is 1. The van der Waals surface area contributed by atoms with E-state index < -0.39 is 6.09 Å². The molecule has 110 valence electrons. The van der Waals surface area contributed by atoms with E-state index in [-0.39, 0.29) is 23.3 Å². The van der Waals surface area contributed by atoms with Gasteiger partial charge in [-0.15, -0.1) is 0 Å². The van der Waals surface area contributed by atoms with Crippen LogP contribution in [-0.2, 0) is 0 Å². The summed E-state index contributed by atoms with van der Waals surface area (Å²) in [6, 6.07) is 6.21. The van der Waals surface area contributed by atoms with Crippen molar-refractivity contribution < 1.29 is 14.3 Å². The van der Waals surface area contributed by atoms with E-state index in [1.54, 1.807) is 6.07 Å². The van der Waals surface area contributed by atoms with Crippen LogP contribution in [0.5, 0.6) is 0 Å². The number of carboxylic acid groups (broad SMARTS) is 1. The fourth-order valence-corrected chi connectivity index (χ4v) is 2.73. The molecule has 1 aliphatic rings. The molecule has 1 aliphatic heterocycles. The third-order valence-corrected chi connectivity index (χ3v) is 3.85. The van der Waals surface area contributed by atoms with E-state index >= 15 is 0 Å². The maximum atomic E-state index is 13.4. The molecular weight excluding hydrogens is 259 g/mol. The van der Waals surface area contributed by atoms with Gasteiger partial charge in [-0.2, -0.15) is 0 Å². The summed E-state index contributed by atoms with van der Waals surface area (Å²) in [4.78, 5) is 13.2. The van der Waals surface area contributed by atoms with Crippen LogP contribution in [0.3, 0.4) is 0 Å². The molecule has 4 nitrogen and oxygen atoms in total. The number of rotatable bonds is 2. The molecule has 1 saturated heterocycles. The Morgan fingerprint density at radius 1 is 1.40 bits per heavy atom. The predicted molar refractivity (Wildman–Crippen MR) is 75.4 cm³/mol. The van der Waals surface area contributed by atoms with Crippen molar-refractivity contribution in [3.63, 3.8) is 0 Å². The summed E-state index contributed by atoms with van der Waals surface area (Å²) in [5.74, 6) is -0.313. The highest BCUT2D eigenvalue weighted by Gasteiger charge is 2.39. The van der Waals surface area contributed by atoms with Gasteiger partial charge in [-0.1, -0.05) is 12.1 Å². The predicted octanol–water partition coefficient (Wildman–Crippen LogP) is 2.66. The van der Waals surface area contributed by atoms with Crippen LogP contribution in [-0.4, -0.2) is 40.8 Å². The number of nitrogens with one attached hydrogen (secondary N) is 1. The van der Waals surface area contributed by atoms with Crippen molar-refractivity contribution in [2.75, 3.05) is 13.1 Å². The second-order valence-electron chi connectivity index (χ2n) is 6.29. The summed E-state index contributed by atoms with van der Waals surface area (Å²) in [5.41, 5.74) is 0.802. The Morgan fingerprint density at radius 3 is 2.65 bits per heavy atom. The Hall–Kier alpha value is -1.62. The fraction of sp³-hybridized carbons (Fsp3) is 0.533. The zero-order valence-corrected chi connectivity index (χ0v) is 12.1. The summed E-state index contributed by atoms with van der Waals surface area (Å²) < 4.78 is 13.4. The molecule has 0 saturated carbocycles. The van der Waals surface area contributed by atoms with Crippen LogP contribution in [0.1, 0.15) is 32.3 Å². The van der Waals surface area contributed by atoms with E-state index in [0.29, 0.717) is 6.54 Å². The van der Waals surface area contributed by atoms with E-state index in [1.807, 2.05) is 6.07 Å². The number of benzene rings is 1. The SMILES string of the molecule is CC(C)(C)N1C[C@@H](NC(=O)O)[C@H](c2cccc(F)c2)C1. The van der Waals surface area contributed by atoms with Gasteiger partial charge >= 0.3 is 6.09 Å². The van der Waals surface area contributed by atoms with Crippen LogP contribution < -0.4 is 5.32 Å². The Balaban J connectivity index is 2.25. The first-order valence-corrected chi connectivity index (χ1v) is 6.77. The van der Waals surface area contributed by atoms with Crippen LogP contribution in [0.2, 0.25) is 0 Å². The molecule has 0 radical (unpaired) electrons. The first kappa shape index (κ1) is 14.8. The van der Waals surface area contributed by atoms with Gasteiger partial charge in [-0.25, -0.2) is 9.18 Å². The maximum Gasteiger partial charge on any atom is 0.404 e. The molecule has 2 N–H and O–H groups in total. The van der Waals surface area contributed by atoms with E-state index in [9.17, 15) is 9.18 Å². The third-order valence-electron chi connectivity index (χ3n) is 3.85. The monoisotopic (exact) mass is 280 g/mol. The summed E-state index contributed by atoms with van der Waals surface area (Å²) in [5, 5.41) is 11.5. The topological polar surface area (TPSA) is 52.6 Å². The first-order chi connectivity index (χ1) is 9.27. The van der Waals surface area contributed by atoms with Gasteiger partial charge in [0, 0.05) is 24.5 Å². The summed E-state index contributed by atoms with van der Waals surface area (Å²) >= 11 is 0. The minimum atomic E-state index is -1.04. The minimum Gasteiger partial charge on any atom is -0.465 e. The van der Waals surface area contributed by atoms with Gasteiger partial charge in [0.1, 0.15) is 5.82 Å². The molecule has 0 aliphatic carbocycles. The Kier molecular flexibility index (Phi) is 3.99. The highest BCUT2D eigenvalue weighted by molar-refractivity contribution is 5.65. The summed E-state index contributed by atoms with van der Waals surface area (Å²) in [7, 11) is 0. The molecule has 0 aromatic heterocycles. The third kappa shape index (κ3) is 3.28. The van der Waals surface area contributed by atoms with Crippen molar-refractivity contribution in [3.8, 4) is 0 Å². The van der Waals surface area contributed by atoms with Crippen LogP contribution in [0.4, 0.5) is 9.18 Å². The van der Waals surface area contributed by atoms with Crippen molar-refractivity contribution in [1.29, 1.82) is 0 Å². The van der Waals surface area contributed by atoms with Crippen LogP contribution in [0, 0.1) is 5.82 Å². The van der Waals surface area contributed by atoms with E-state index in [1.165, 1.54) is 12.1 Å². The lowest BCUT2D eigenvalue weighted by atomic mass is 9.94. The Bertz CT molecular complexity index is 499. The average molecular weight is 280 g/mol. The lowest BCUT2D eigenvalue weighted by molar-refractivity contribution is 0.165. The largest absolute Gasteiger partial charge is 0.465 e. The molecule has 1 fully saturated rings. The number of hydrogen-bond donors (Lipinski definition) is 2. The highest BCUT2D eigenvalue weighted by Crippen LogP contribution is 2.32. The Labute approximate surface area is 118 Å². The molecule has 20 heavy (non-hydrogen) atoms. The number of hydrogen-bond acceptors (Lipinski definition) is 2. The quantitative estimate of drug-likeness (QED) is 0.875.